The van der Waals surface area contributed by atoms with E-state index in [1.165, 1.54) is 0 Å². The minimum absolute atomic E-state index is 0.414. The van der Waals surface area contributed by atoms with Gasteiger partial charge in [0.2, 0.25) is 0 Å². The Morgan fingerprint density at radius 2 is 1.59 bits per heavy atom. The van der Waals surface area contributed by atoms with Crippen LogP contribution < -0.4 is 4.90 Å². The fourth-order valence-electron chi connectivity index (χ4n) is 3.57. The maximum absolute atomic E-state index is 12.5. The monoisotopic (exact) mass is 388 g/mol. The van der Waals surface area contributed by atoms with Gasteiger partial charge in [-0.3, -0.25) is 14.6 Å². The van der Waals surface area contributed by atoms with E-state index in [2.05, 4.69) is 9.88 Å². The Morgan fingerprint density at radius 1 is 0.926 bits per heavy atom. The normalized spacial score (nSPS) is 18.0. The summed E-state index contributed by atoms with van der Waals surface area (Å²) in [5.41, 5.74) is 1.92. The van der Waals surface area contributed by atoms with Crippen LogP contribution in [0, 0.1) is 0 Å². The van der Waals surface area contributed by atoms with E-state index in [9.17, 15) is 9.59 Å². The SMILES string of the molecule is O=C(C(=O)N1CCN(c2ccnc3cc(Cl)ccc23)CC1)N1CCOCC1. The van der Waals surface area contributed by atoms with E-state index in [-0.39, 0.29) is 0 Å². The second kappa shape index (κ2) is 7.70. The van der Waals surface area contributed by atoms with Gasteiger partial charge in [0.1, 0.15) is 0 Å². The van der Waals surface area contributed by atoms with Crippen LogP contribution >= 0.6 is 11.6 Å². The van der Waals surface area contributed by atoms with Gasteiger partial charge in [-0.1, -0.05) is 11.6 Å². The smallest absolute Gasteiger partial charge is 0.312 e. The maximum Gasteiger partial charge on any atom is 0.312 e. The third kappa shape index (κ3) is 3.70. The molecule has 0 N–H and O–H groups in total. The van der Waals surface area contributed by atoms with E-state index >= 15 is 0 Å². The van der Waals surface area contributed by atoms with Crippen molar-refractivity contribution in [2.45, 2.75) is 0 Å². The second-order valence-electron chi connectivity index (χ2n) is 6.68. The quantitative estimate of drug-likeness (QED) is 0.691. The summed E-state index contributed by atoms with van der Waals surface area (Å²) in [4.78, 5) is 34.8. The third-order valence-corrected chi connectivity index (χ3v) is 5.31. The van der Waals surface area contributed by atoms with Crippen LogP contribution in [0.25, 0.3) is 10.9 Å². The molecule has 2 aliphatic heterocycles. The van der Waals surface area contributed by atoms with Crippen LogP contribution in [0.5, 0.6) is 0 Å². The minimum atomic E-state index is -0.421. The Bertz CT molecular complexity index is 861. The average Bonchev–Trinajstić information content (AvgIpc) is 2.73. The molecule has 2 fully saturated rings. The van der Waals surface area contributed by atoms with E-state index in [1.54, 1.807) is 16.0 Å². The van der Waals surface area contributed by atoms with Gasteiger partial charge in [0.05, 0.1) is 18.7 Å². The topological polar surface area (TPSA) is 66.0 Å². The first-order chi connectivity index (χ1) is 13.1. The lowest BCUT2D eigenvalue weighted by Gasteiger charge is -2.37. The van der Waals surface area contributed by atoms with Crippen molar-refractivity contribution in [1.29, 1.82) is 0 Å². The molecule has 0 saturated carbocycles. The Labute approximate surface area is 162 Å². The van der Waals surface area contributed by atoms with Gasteiger partial charge in [-0.25, -0.2) is 0 Å². The number of hydrogen-bond donors (Lipinski definition) is 0. The minimum Gasteiger partial charge on any atom is -0.378 e. The zero-order valence-electron chi connectivity index (χ0n) is 14.9. The van der Waals surface area contributed by atoms with E-state index in [1.807, 2.05) is 24.3 Å². The molecule has 2 amide bonds. The lowest BCUT2D eigenvalue weighted by molar-refractivity contribution is -0.154. The van der Waals surface area contributed by atoms with Gasteiger partial charge in [0, 0.05) is 61.6 Å². The number of ether oxygens (including phenoxy) is 1. The number of hydrogen-bond acceptors (Lipinski definition) is 5. The molecular formula is C19H21ClN4O3. The molecule has 2 aliphatic rings. The number of piperazine rings is 1. The largest absolute Gasteiger partial charge is 0.378 e. The standard InChI is InChI=1S/C19H21ClN4O3/c20-14-1-2-15-16(13-14)21-4-3-17(15)22-5-7-23(8-6-22)18(25)19(26)24-9-11-27-12-10-24/h1-4,13H,5-12H2. The number of carbonyl (C=O) groups is 2. The highest BCUT2D eigenvalue weighted by atomic mass is 35.5. The molecule has 1 aromatic heterocycles. The van der Waals surface area contributed by atoms with E-state index < -0.39 is 11.8 Å². The summed E-state index contributed by atoms with van der Waals surface area (Å²) in [5.74, 6) is -0.835. The maximum atomic E-state index is 12.5. The van der Waals surface area contributed by atoms with Gasteiger partial charge in [-0.2, -0.15) is 0 Å². The molecule has 2 aromatic rings. The summed E-state index contributed by atoms with van der Waals surface area (Å²) < 4.78 is 5.24. The van der Waals surface area contributed by atoms with Crippen LogP contribution in [0.3, 0.4) is 0 Å². The number of fused-ring (bicyclic) bond motifs is 1. The van der Waals surface area contributed by atoms with Crippen molar-refractivity contribution >= 4 is 40.0 Å². The predicted molar refractivity (Wildman–Crippen MR) is 103 cm³/mol. The molecule has 27 heavy (non-hydrogen) atoms. The molecule has 0 bridgehead atoms. The highest BCUT2D eigenvalue weighted by molar-refractivity contribution is 6.35. The van der Waals surface area contributed by atoms with Crippen LogP contribution in [0.15, 0.2) is 30.5 Å². The zero-order valence-corrected chi connectivity index (χ0v) is 15.7. The Balaban J connectivity index is 1.43. The molecule has 0 spiro atoms. The molecule has 142 valence electrons. The number of nitrogens with zero attached hydrogens (tertiary/aromatic N) is 4. The van der Waals surface area contributed by atoms with E-state index in [0.29, 0.717) is 57.5 Å². The first kappa shape index (κ1) is 18.0. The molecule has 4 rings (SSSR count). The molecule has 7 nitrogen and oxygen atoms in total. The molecular weight excluding hydrogens is 368 g/mol. The van der Waals surface area contributed by atoms with Crippen molar-refractivity contribution in [1.82, 2.24) is 14.8 Å². The van der Waals surface area contributed by atoms with Crippen LogP contribution in [0.1, 0.15) is 0 Å². The van der Waals surface area contributed by atoms with Crippen LogP contribution in [0.4, 0.5) is 5.69 Å². The van der Waals surface area contributed by atoms with E-state index in [0.717, 1.165) is 16.6 Å². The number of aromatic nitrogens is 1. The summed E-state index contributed by atoms with van der Waals surface area (Å²) in [6.45, 7) is 4.33. The van der Waals surface area contributed by atoms with Gasteiger partial charge in [-0.05, 0) is 24.3 Å². The number of carbonyl (C=O) groups excluding carboxylic acids is 2. The fraction of sp³-hybridized carbons (Fsp3) is 0.421. The number of morpholine rings is 1. The van der Waals surface area contributed by atoms with Crippen molar-refractivity contribution in [3.05, 3.63) is 35.5 Å². The molecule has 0 radical (unpaired) electrons. The second-order valence-corrected chi connectivity index (χ2v) is 7.11. The molecule has 1 aromatic carbocycles. The van der Waals surface area contributed by atoms with Gasteiger partial charge in [0.25, 0.3) is 0 Å². The summed E-state index contributed by atoms with van der Waals surface area (Å²) in [7, 11) is 0. The van der Waals surface area contributed by atoms with Crippen LogP contribution in [0.2, 0.25) is 5.02 Å². The van der Waals surface area contributed by atoms with Gasteiger partial charge in [0.15, 0.2) is 0 Å². The highest BCUT2D eigenvalue weighted by Crippen LogP contribution is 2.28. The zero-order chi connectivity index (χ0) is 18.8. The number of rotatable bonds is 1. The first-order valence-corrected chi connectivity index (χ1v) is 9.46. The van der Waals surface area contributed by atoms with Gasteiger partial charge in [-0.15, -0.1) is 0 Å². The van der Waals surface area contributed by atoms with Crippen molar-refractivity contribution in [2.75, 3.05) is 57.4 Å². The highest BCUT2D eigenvalue weighted by Gasteiger charge is 2.30. The number of amides is 2. The Kier molecular flexibility index (Phi) is 5.13. The lowest BCUT2D eigenvalue weighted by Crippen LogP contribution is -2.54. The number of anilines is 1. The summed E-state index contributed by atoms with van der Waals surface area (Å²) in [5, 5.41) is 1.69. The number of pyridine rings is 1. The van der Waals surface area contributed by atoms with Crippen molar-refractivity contribution < 1.29 is 14.3 Å². The molecule has 2 saturated heterocycles. The Morgan fingerprint density at radius 3 is 2.30 bits per heavy atom. The lowest BCUT2D eigenvalue weighted by atomic mass is 10.1. The van der Waals surface area contributed by atoms with Gasteiger partial charge >= 0.3 is 11.8 Å². The molecule has 0 atom stereocenters. The van der Waals surface area contributed by atoms with Crippen molar-refractivity contribution in [3.8, 4) is 0 Å². The molecule has 0 unspecified atom stereocenters. The average molecular weight is 389 g/mol. The number of halogens is 1. The number of benzene rings is 1. The van der Waals surface area contributed by atoms with Crippen molar-refractivity contribution in [2.24, 2.45) is 0 Å². The Hall–Kier alpha value is -2.38. The van der Waals surface area contributed by atoms with E-state index in [4.69, 9.17) is 16.3 Å². The summed E-state index contributed by atoms with van der Waals surface area (Å²) in [6.07, 6.45) is 1.77. The molecule has 0 aliphatic carbocycles. The predicted octanol–water partition coefficient (Wildman–Crippen LogP) is 1.40. The summed E-state index contributed by atoms with van der Waals surface area (Å²) in [6, 6.07) is 7.66. The third-order valence-electron chi connectivity index (χ3n) is 5.07. The van der Waals surface area contributed by atoms with Gasteiger partial charge < -0.3 is 19.4 Å². The molecule has 3 heterocycles. The first-order valence-electron chi connectivity index (χ1n) is 9.08. The molecule has 8 heteroatoms. The van der Waals surface area contributed by atoms with Crippen molar-refractivity contribution in [3.63, 3.8) is 0 Å². The fourth-order valence-corrected chi connectivity index (χ4v) is 3.74. The van der Waals surface area contributed by atoms with Crippen LogP contribution in [-0.4, -0.2) is 79.1 Å². The summed E-state index contributed by atoms with van der Waals surface area (Å²) >= 11 is 6.06. The van der Waals surface area contributed by atoms with Crippen LogP contribution in [-0.2, 0) is 14.3 Å².